The first kappa shape index (κ1) is 27.2. The van der Waals surface area contributed by atoms with Crippen LogP contribution in [0.15, 0.2) is 60.7 Å². The number of nitrogens with zero attached hydrogens (tertiary/aromatic N) is 2. The average Bonchev–Trinajstić information content (AvgIpc) is 2.93. The Morgan fingerprint density at radius 1 is 1.02 bits per heavy atom. The fraction of sp³-hybridized carbons (Fsp3) is 0.241. The molecule has 2 heterocycles. The van der Waals surface area contributed by atoms with Crippen LogP contribution in [0, 0.1) is 12.7 Å². The molecule has 0 unspecified atom stereocenters. The molecule has 0 aliphatic carbocycles. The fourth-order valence-electron chi connectivity index (χ4n) is 4.70. The number of hydrogen-bond acceptors (Lipinski definition) is 6. The van der Waals surface area contributed by atoms with Crippen LogP contribution in [0.2, 0.25) is 0 Å². The van der Waals surface area contributed by atoms with Gasteiger partial charge in [0.25, 0.3) is 5.91 Å². The average molecular weight is 554 g/mol. The summed E-state index contributed by atoms with van der Waals surface area (Å²) < 4.78 is 63.5. The highest BCUT2D eigenvalue weighted by atomic mass is 19.4. The van der Waals surface area contributed by atoms with Crippen LogP contribution in [0.25, 0.3) is 10.9 Å². The number of carbonyl (C=O) groups excluding carboxylic acids is 1. The summed E-state index contributed by atoms with van der Waals surface area (Å²) in [5.41, 5.74) is 0.231. The highest BCUT2D eigenvalue weighted by Gasteiger charge is 2.40. The number of ether oxygens (including phenoxy) is 1. The minimum absolute atomic E-state index is 0.125. The molecule has 1 amide bonds. The molecule has 7 nitrogen and oxygen atoms in total. The lowest BCUT2D eigenvalue weighted by Crippen LogP contribution is -2.43. The second kappa shape index (κ2) is 11.0. The number of fused-ring (bicyclic) bond motifs is 1. The zero-order valence-electron chi connectivity index (χ0n) is 21.8. The number of hydrogen-bond donors (Lipinski definition) is 3. The van der Waals surface area contributed by atoms with Crippen molar-refractivity contribution in [2.45, 2.75) is 13.1 Å². The molecular weight excluding hydrogens is 526 g/mol. The molecule has 40 heavy (non-hydrogen) atoms. The van der Waals surface area contributed by atoms with Crippen LogP contribution in [-0.2, 0) is 6.18 Å². The lowest BCUT2D eigenvalue weighted by molar-refractivity contribution is -0.136. The van der Waals surface area contributed by atoms with Gasteiger partial charge in [-0.1, -0.05) is 17.7 Å². The van der Waals surface area contributed by atoms with E-state index in [1.54, 1.807) is 36.4 Å². The third-order valence-electron chi connectivity index (χ3n) is 6.69. The van der Waals surface area contributed by atoms with E-state index in [2.05, 4.69) is 25.8 Å². The molecule has 1 aromatic heterocycles. The molecule has 3 aromatic carbocycles. The Morgan fingerprint density at radius 2 is 1.75 bits per heavy atom. The molecule has 0 radical (unpaired) electrons. The molecule has 4 aromatic rings. The van der Waals surface area contributed by atoms with Crippen molar-refractivity contribution >= 4 is 39.7 Å². The molecule has 0 spiro atoms. The summed E-state index contributed by atoms with van der Waals surface area (Å²) in [6, 6.07) is 14.8. The number of methoxy groups -OCH3 is 1. The van der Waals surface area contributed by atoms with Gasteiger partial charge in [-0.3, -0.25) is 4.79 Å². The number of amides is 1. The van der Waals surface area contributed by atoms with Crippen LogP contribution >= 0.6 is 0 Å². The Bertz CT molecular complexity index is 1550. The van der Waals surface area contributed by atoms with Gasteiger partial charge in [0.1, 0.15) is 17.4 Å². The van der Waals surface area contributed by atoms with Crippen molar-refractivity contribution in [3.05, 3.63) is 83.2 Å². The first-order valence-electron chi connectivity index (χ1n) is 12.6. The molecule has 0 bridgehead atoms. The summed E-state index contributed by atoms with van der Waals surface area (Å²) >= 11 is 0. The van der Waals surface area contributed by atoms with Gasteiger partial charge in [-0.15, -0.1) is 0 Å². The maximum Gasteiger partial charge on any atom is 0.417 e. The predicted octanol–water partition coefficient (Wildman–Crippen LogP) is 6.12. The highest BCUT2D eigenvalue weighted by molar-refractivity contribution is 6.12. The lowest BCUT2D eigenvalue weighted by Gasteiger charge is -2.30. The summed E-state index contributed by atoms with van der Waals surface area (Å²) in [5.74, 6) is -1.91. The molecule has 0 saturated carbocycles. The van der Waals surface area contributed by atoms with Crippen molar-refractivity contribution in [1.82, 2.24) is 10.3 Å². The van der Waals surface area contributed by atoms with E-state index < -0.39 is 34.4 Å². The van der Waals surface area contributed by atoms with E-state index in [1.165, 1.54) is 7.11 Å². The standard InChI is InChI=1S/C29H27F4N5O2/c1-17-3-6-19(7-4-17)35-28(39)25-26(29(31,32)33)21-15-18(30)5-9-22(21)36-27(25)37-23-10-8-20(16-24(23)40-2)38-13-11-34-12-14-38/h3-10,15-16,34H,11-14H2,1-2H3,(H,35,39)(H,36,37). The number of halogens is 4. The topological polar surface area (TPSA) is 78.5 Å². The number of anilines is 4. The third kappa shape index (κ3) is 5.64. The van der Waals surface area contributed by atoms with E-state index in [-0.39, 0.29) is 11.3 Å². The van der Waals surface area contributed by atoms with E-state index in [1.807, 2.05) is 13.0 Å². The minimum Gasteiger partial charge on any atom is -0.494 e. The molecule has 0 atom stereocenters. The molecule has 1 fully saturated rings. The maximum atomic E-state index is 14.6. The Balaban J connectivity index is 1.64. The van der Waals surface area contributed by atoms with Crippen LogP contribution in [0.1, 0.15) is 21.5 Å². The van der Waals surface area contributed by atoms with Crippen LogP contribution in [0.5, 0.6) is 5.75 Å². The first-order valence-corrected chi connectivity index (χ1v) is 12.6. The molecule has 11 heteroatoms. The summed E-state index contributed by atoms with van der Waals surface area (Å²) in [4.78, 5) is 20.0. The minimum atomic E-state index is -5.00. The lowest BCUT2D eigenvalue weighted by atomic mass is 10.0. The molecule has 1 saturated heterocycles. The Kier molecular flexibility index (Phi) is 7.49. The van der Waals surface area contributed by atoms with Crippen LogP contribution in [0.4, 0.5) is 40.4 Å². The van der Waals surface area contributed by atoms with Gasteiger partial charge in [-0.05, 0) is 49.4 Å². The SMILES string of the molecule is COc1cc(N2CCNCC2)ccc1Nc1nc2ccc(F)cc2c(C(F)(F)F)c1C(=O)Nc1ccc(C)cc1. The van der Waals surface area contributed by atoms with Gasteiger partial charge in [0.2, 0.25) is 0 Å². The highest BCUT2D eigenvalue weighted by Crippen LogP contribution is 2.42. The smallest absolute Gasteiger partial charge is 0.417 e. The van der Waals surface area contributed by atoms with Gasteiger partial charge in [0.15, 0.2) is 0 Å². The van der Waals surface area contributed by atoms with Crippen molar-refractivity contribution in [1.29, 1.82) is 0 Å². The summed E-state index contributed by atoms with van der Waals surface area (Å²) in [7, 11) is 1.45. The number of aryl methyl sites for hydroxylation is 1. The number of alkyl halides is 3. The van der Waals surface area contributed by atoms with Gasteiger partial charge in [0.05, 0.1) is 29.4 Å². The number of carbonyl (C=O) groups is 1. The van der Waals surface area contributed by atoms with Crippen molar-refractivity contribution in [3.8, 4) is 5.75 Å². The Morgan fingerprint density at radius 3 is 2.42 bits per heavy atom. The van der Waals surface area contributed by atoms with Gasteiger partial charge in [0, 0.05) is 49.0 Å². The van der Waals surface area contributed by atoms with E-state index in [0.29, 0.717) is 17.1 Å². The molecule has 208 valence electrons. The summed E-state index contributed by atoms with van der Waals surface area (Å²) in [6.07, 6.45) is -5.00. The van der Waals surface area contributed by atoms with Crippen molar-refractivity contribution < 1.29 is 27.1 Å². The van der Waals surface area contributed by atoms with Crippen LogP contribution in [0.3, 0.4) is 0 Å². The van der Waals surface area contributed by atoms with Gasteiger partial charge >= 0.3 is 6.18 Å². The number of nitrogens with one attached hydrogen (secondary N) is 3. The zero-order valence-corrected chi connectivity index (χ0v) is 21.8. The second-order valence-electron chi connectivity index (χ2n) is 9.44. The number of aromatic nitrogens is 1. The van der Waals surface area contributed by atoms with Gasteiger partial charge in [-0.25, -0.2) is 9.37 Å². The second-order valence-corrected chi connectivity index (χ2v) is 9.44. The van der Waals surface area contributed by atoms with Crippen molar-refractivity contribution in [2.75, 3.05) is 48.8 Å². The van der Waals surface area contributed by atoms with E-state index in [0.717, 1.165) is 55.6 Å². The Labute approximate surface area is 228 Å². The zero-order chi connectivity index (χ0) is 28.4. The summed E-state index contributed by atoms with van der Waals surface area (Å²) in [5, 5.41) is 8.19. The molecule has 1 aliphatic rings. The van der Waals surface area contributed by atoms with Crippen molar-refractivity contribution in [2.24, 2.45) is 0 Å². The normalized spacial score (nSPS) is 13.8. The van der Waals surface area contributed by atoms with Crippen LogP contribution in [-0.4, -0.2) is 44.2 Å². The number of benzene rings is 3. The molecular formula is C29H27F4N5O2. The predicted molar refractivity (Wildman–Crippen MR) is 147 cm³/mol. The van der Waals surface area contributed by atoms with E-state index in [9.17, 15) is 22.4 Å². The largest absolute Gasteiger partial charge is 0.494 e. The molecule has 5 rings (SSSR count). The fourth-order valence-corrected chi connectivity index (χ4v) is 4.70. The monoisotopic (exact) mass is 553 g/mol. The molecule has 3 N–H and O–H groups in total. The molecule has 1 aliphatic heterocycles. The third-order valence-corrected chi connectivity index (χ3v) is 6.69. The quantitative estimate of drug-likeness (QED) is 0.250. The number of piperazine rings is 1. The van der Waals surface area contributed by atoms with E-state index in [4.69, 9.17) is 4.74 Å². The van der Waals surface area contributed by atoms with Gasteiger partial charge < -0.3 is 25.6 Å². The Hall–Kier alpha value is -4.38. The maximum absolute atomic E-state index is 14.6. The first-order chi connectivity index (χ1) is 19.1. The van der Waals surface area contributed by atoms with Crippen molar-refractivity contribution in [3.63, 3.8) is 0 Å². The summed E-state index contributed by atoms with van der Waals surface area (Å²) in [6.45, 7) is 5.07. The van der Waals surface area contributed by atoms with Crippen LogP contribution < -0.4 is 25.6 Å². The number of rotatable bonds is 6. The van der Waals surface area contributed by atoms with E-state index >= 15 is 0 Å². The van der Waals surface area contributed by atoms with Gasteiger partial charge in [-0.2, -0.15) is 13.2 Å². The number of pyridine rings is 1.